The third kappa shape index (κ3) is 3.46. The van der Waals surface area contributed by atoms with Crippen molar-refractivity contribution in [3.63, 3.8) is 0 Å². The highest BCUT2D eigenvalue weighted by molar-refractivity contribution is 5.96. The first-order chi connectivity index (χ1) is 17.7. The Bertz CT molecular complexity index is 1490. The maximum Gasteiger partial charge on any atom is 0.229 e. The number of anilines is 3. The van der Waals surface area contributed by atoms with Crippen LogP contribution in [0.2, 0.25) is 0 Å². The van der Waals surface area contributed by atoms with Crippen LogP contribution in [0.25, 0.3) is 22.3 Å². The topological polar surface area (TPSA) is 91.2 Å². The van der Waals surface area contributed by atoms with E-state index < -0.39 is 0 Å². The molecule has 36 heavy (non-hydrogen) atoms. The summed E-state index contributed by atoms with van der Waals surface area (Å²) < 4.78 is 2.03. The lowest BCUT2D eigenvalue weighted by atomic mass is 10.0. The summed E-state index contributed by atoms with van der Waals surface area (Å²) in [7, 11) is 2.01. The molecular weight excluding hydrogens is 452 g/mol. The Labute approximate surface area is 209 Å². The molecule has 7 rings (SSSR count). The Morgan fingerprint density at radius 1 is 1.08 bits per heavy atom. The number of carbonyl (C=O) groups excluding carboxylic acids is 1. The van der Waals surface area contributed by atoms with Crippen molar-refractivity contribution in [1.82, 2.24) is 29.7 Å². The van der Waals surface area contributed by atoms with Crippen LogP contribution in [-0.2, 0) is 24.9 Å². The summed E-state index contributed by atoms with van der Waals surface area (Å²) in [4.78, 5) is 31.2. The largest absolute Gasteiger partial charge is 0.339 e. The molecule has 9 nitrogen and oxygen atoms in total. The number of carbonyl (C=O) groups is 1. The standard InChI is InChI=1S/C27H28N8O/c1-33-11-7-19-18(6-8-29-27(19)33)26-21-14-28-13-20(21)22(15-30-26)31-23-4-2-5-24(32-23)35-16-17(12-25(35)36)34-9-3-10-34/h2,4-8,11,15,17,28H,3,9-10,12-14,16H2,1H3,(H,31,32)/t17-/m0/s1. The monoisotopic (exact) mass is 480 g/mol. The average molecular weight is 481 g/mol. The summed E-state index contributed by atoms with van der Waals surface area (Å²) in [6.07, 6.45) is 7.58. The minimum absolute atomic E-state index is 0.150. The number of hydrogen-bond donors (Lipinski definition) is 2. The van der Waals surface area contributed by atoms with Crippen LogP contribution in [0.3, 0.4) is 0 Å². The highest BCUT2D eigenvalue weighted by Crippen LogP contribution is 2.36. The second kappa shape index (κ2) is 8.39. The van der Waals surface area contributed by atoms with E-state index in [4.69, 9.17) is 9.97 Å². The van der Waals surface area contributed by atoms with E-state index in [0.29, 0.717) is 30.6 Å². The molecule has 182 valence electrons. The Morgan fingerprint density at radius 3 is 2.83 bits per heavy atom. The van der Waals surface area contributed by atoms with Crippen LogP contribution in [0.4, 0.5) is 17.3 Å². The molecule has 4 aromatic rings. The zero-order valence-electron chi connectivity index (χ0n) is 20.2. The van der Waals surface area contributed by atoms with Crippen LogP contribution in [0.1, 0.15) is 24.0 Å². The summed E-state index contributed by atoms with van der Waals surface area (Å²) in [6, 6.07) is 10.3. The number of aromatic nitrogens is 4. The number of aryl methyl sites for hydroxylation is 1. The van der Waals surface area contributed by atoms with Gasteiger partial charge in [0.15, 0.2) is 0 Å². The number of nitrogens with one attached hydrogen (secondary N) is 2. The fraction of sp³-hybridized carbons (Fsp3) is 0.333. The SMILES string of the molecule is Cn1ccc2c(-c3ncc(Nc4cccc(N5C[C@@H](N6CCC6)CC5=O)n4)c4c3CNC4)ccnc21. The normalized spacial score (nSPS) is 19.6. The molecule has 7 heterocycles. The van der Waals surface area contributed by atoms with Gasteiger partial charge in [0.1, 0.15) is 17.3 Å². The number of fused-ring (bicyclic) bond motifs is 2. The fourth-order valence-electron chi connectivity index (χ4n) is 5.65. The van der Waals surface area contributed by atoms with Gasteiger partial charge >= 0.3 is 0 Å². The van der Waals surface area contributed by atoms with E-state index in [1.807, 2.05) is 59.4 Å². The van der Waals surface area contributed by atoms with Crippen molar-refractivity contribution >= 4 is 34.3 Å². The molecule has 3 aliphatic rings. The van der Waals surface area contributed by atoms with Gasteiger partial charge in [-0.3, -0.25) is 19.6 Å². The van der Waals surface area contributed by atoms with Crippen molar-refractivity contribution in [3.8, 4) is 11.3 Å². The molecule has 2 saturated heterocycles. The van der Waals surface area contributed by atoms with Crippen molar-refractivity contribution in [2.75, 3.05) is 29.9 Å². The molecule has 2 N–H and O–H groups in total. The first-order valence-corrected chi connectivity index (χ1v) is 12.6. The van der Waals surface area contributed by atoms with Gasteiger partial charge in [0.05, 0.1) is 17.6 Å². The summed E-state index contributed by atoms with van der Waals surface area (Å²) in [5.74, 6) is 1.57. The fourth-order valence-corrected chi connectivity index (χ4v) is 5.65. The number of amides is 1. The molecule has 0 spiro atoms. The van der Waals surface area contributed by atoms with Crippen molar-refractivity contribution in [2.24, 2.45) is 7.05 Å². The maximum absolute atomic E-state index is 12.7. The Morgan fingerprint density at radius 2 is 1.97 bits per heavy atom. The van der Waals surface area contributed by atoms with E-state index >= 15 is 0 Å². The Balaban J connectivity index is 1.19. The molecule has 0 aromatic carbocycles. The van der Waals surface area contributed by atoms with Crippen molar-refractivity contribution < 1.29 is 4.79 Å². The lowest BCUT2D eigenvalue weighted by Gasteiger charge is -2.35. The van der Waals surface area contributed by atoms with Gasteiger partial charge in [-0.2, -0.15) is 0 Å². The lowest BCUT2D eigenvalue weighted by Crippen LogP contribution is -2.46. The molecule has 0 aliphatic carbocycles. The lowest BCUT2D eigenvalue weighted by molar-refractivity contribution is -0.117. The first kappa shape index (κ1) is 21.5. The summed E-state index contributed by atoms with van der Waals surface area (Å²) in [5.41, 5.74) is 6.36. The van der Waals surface area contributed by atoms with E-state index in [2.05, 4.69) is 26.6 Å². The molecule has 2 fully saturated rings. The Kier molecular flexibility index (Phi) is 5.00. The highest BCUT2D eigenvalue weighted by atomic mass is 16.2. The van der Waals surface area contributed by atoms with Crippen LogP contribution >= 0.6 is 0 Å². The minimum atomic E-state index is 0.150. The molecule has 0 unspecified atom stereocenters. The smallest absolute Gasteiger partial charge is 0.229 e. The van der Waals surface area contributed by atoms with Gasteiger partial charge in [-0.05, 0) is 54.9 Å². The number of rotatable bonds is 5. The van der Waals surface area contributed by atoms with Crippen LogP contribution in [0.5, 0.6) is 0 Å². The van der Waals surface area contributed by atoms with E-state index in [1.165, 1.54) is 17.5 Å². The Hall–Kier alpha value is -3.82. The molecule has 0 saturated carbocycles. The van der Waals surface area contributed by atoms with E-state index in [0.717, 1.165) is 54.2 Å². The summed E-state index contributed by atoms with van der Waals surface area (Å²) in [5, 5.41) is 8.07. The molecule has 0 radical (unpaired) electrons. The van der Waals surface area contributed by atoms with Gasteiger partial charge in [-0.1, -0.05) is 6.07 Å². The zero-order valence-corrected chi connectivity index (χ0v) is 20.2. The van der Waals surface area contributed by atoms with E-state index in [-0.39, 0.29) is 5.91 Å². The third-order valence-corrected chi connectivity index (χ3v) is 7.71. The highest BCUT2D eigenvalue weighted by Gasteiger charge is 2.36. The summed E-state index contributed by atoms with van der Waals surface area (Å²) >= 11 is 0. The molecule has 4 aromatic heterocycles. The van der Waals surface area contributed by atoms with Crippen molar-refractivity contribution in [1.29, 1.82) is 0 Å². The van der Waals surface area contributed by atoms with E-state index in [9.17, 15) is 4.79 Å². The number of hydrogen-bond acceptors (Lipinski definition) is 7. The number of nitrogens with zero attached hydrogens (tertiary/aromatic N) is 6. The average Bonchev–Trinajstić information content (AvgIpc) is 3.58. The second-order valence-electron chi connectivity index (χ2n) is 9.86. The first-order valence-electron chi connectivity index (χ1n) is 12.6. The zero-order chi connectivity index (χ0) is 24.2. The van der Waals surface area contributed by atoms with Crippen molar-refractivity contribution in [2.45, 2.75) is 32.0 Å². The molecule has 0 bridgehead atoms. The van der Waals surface area contributed by atoms with Gasteiger partial charge < -0.3 is 15.2 Å². The summed E-state index contributed by atoms with van der Waals surface area (Å²) in [6.45, 7) is 4.43. The van der Waals surface area contributed by atoms with E-state index in [1.54, 1.807) is 0 Å². The second-order valence-corrected chi connectivity index (χ2v) is 9.86. The molecule has 1 atom stereocenters. The van der Waals surface area contributed by atoms with Gasteiger partial charge in [-0.15, -0.1) is 0 Å². The maximum atomic E-state index is 12.7. The predicted octanol–water partition coefficient (Wildman–Crippen LogP) is 3.19. The number of pyridine rings is 3. The van der Waals surface area contributed by atoms with Crippen LogP contribution in [0, 0.1) is 0 Å². The van der Waals surface area contributed by atoms with Gasteiger partial charge in [0.2, 0.25) is 5.91 Å². The molecule has 3 aliphatic heterocycles. The third-order valence-electron chi connectivity index (χ3n) is 7.71. The molecule has 9 heteroatoms. The van der Waals surface area contributed by atoms with Crippen LogP contribution in [0.15, 0.2) is 48.9 Å². The molecule has 1 amide bonds. The van der Waals surface area contributed by atoms with Crippen LogP contribution < -0.4 is 15.5 Å². The van der Waals surface area contributed by atoms with Crippen LogP contribution in [-0.4, -0.2) is 56.0 Å². The van der Waals surface area contributed by atoms with Crippen molar-refractivity contribution in [3.05, 3.63) is 60.0 Å². The quantitative estimate of drug-likeness (QED) is 0.453. The number of likely N-dealkylation sites (tertiary alicyclic amines) is 1. The predicted molar refractivity (Wildman–Crippen MR) is 139 cm³/mol. The molecular formula is C27H28N8O. The van der Waals surface area contributed by atoms with Gasteiger partial charge in [0.25, 0.3) is 0 Å². The van der Waals surface area contributed by atoms with Gasteiger partial charge in [0, 0.05) is 62.5 Å². The van der Waals surface area contributed by atoms with Gasteiger partial charge in [-0.25, -0.2) is 9.97 Å². The minimum Gasteiger partial charge on any atom is -0.339 e.